The molecule has 2 aliphatic heterocycles. The molecule has 3 N–H and O–H groups in total. The second-order valence-electron chi connectivity index (χ2n) is 11.8. The number of aliphatic hydroxyl groups excluding tert-OH is 1. The summed E-state index contributed by atoms with van der Waals surface area (Å²) in [5.74, 6) is -1.15. The summed E-state index contributed by atoms with van der Waals surface area (Å²) in [6.45, 7) is 5.98. The van der Waals surface area contributed by atoms with E-state index in [2.05, 4.69) is 22.0 Å². The third-order valence-electron chi connectivity index (χ3n) is 8.62. The third-order valence-corrected chi connectivity index (χ3v) is 8.62. The van der Waals surface area contributed by atoms with Crippen LogP contribution in [0.3, 0.4) is 0 Å². The van der Waals surface area contributed by atoms with Crippen LogP contribution >= 0.6 is 0 Å². The molecular formula is C34H40N4O8. The second kappa shape index (κ2) is 15.3. The average molecular weight is 633 g/mol. The molecule has 2 saturated heterocycles. The minimum Gasteiger partial charge on any atom is -0.481 e. The molecule has 0 aromatic heterocycles. The van der Waals surface area contributed by atoms with E-state index in [0.717, 1.165) is 48.6 Å². The van der Waals surface area contributed by atoms with Gasteiger partial charge in [0.2, 0.25) is 5.91 Å². The predicted molar refractivity (Wildman–Crippen MR) is 171 cm³/mol. The van der Waals surface area contributed by atoms with E-state index < -0.39 is 17.2 Å². The molecule has 12 nitrogen and oxygen atoms in total. The van der Waals surface area contributed by atoms with E-state index in [1.54, 1.807) is 24.3 Å². The first kappa shape index (κ1) is 33.0. The lowest BCUT2D eigenvalue weighted by molar-refractivity contribution is -0.384. The van der Waals surface area contributed by atoms with Crippen molar-refractivity contribution >= 4 is 28.9 Å². The number of non-ortho nitro benzene ring substituents is 1. The summed E-state index contributed by atoms with van der Waals surface area (Å²) in [6.07, 6.45) is -0.712. The first-order valence-corrected chi connectivity index (χ1v) is 15.5. The molecule has 2 heterocycles. The Kier molecular flexibility index (Phi) is 11.0. The smallest absolute Gasteiger partial charge is 0.303 e. The molecule has 1 amide bonds. The number of amides is 1. The molecule has 0 unspecified atom stereocenters. The van der Waals surface area contributed by atoms with Gasteiger partial charge in [0.05, 0.1) is 23.7 Å². The molecule has 46 heavy (non-hydrogen) atoms. The molecule has 4 atom stereocenters. The van der Waals surface area contributed by atoms with Gasteiger partial charge in [0.1, 0.15) is 0 Å². The summed E-state index contributed by atoms with van der Waals surface area (Å²) in [6, 6.07) is 21.7. The number of aliphatic carboxylic acids is 1. The van der Waals surface area contributed by atoms with Crippen molar-refractivity contribution in [3.63, 3.8) is 0 Å². The number of piperazine rings is 1. The van der Waals surface area contributed by atoms with Crippen LogP contribution in [0.5, 0.6) is 0 Å². The number of hydrogen-bond donors (Lipinski definition) is 3. The average Bonchev–Trinajstić information content (AvgIpc) is 3.06. The first-order chi connectivity index (χ1) is 22.2. The van der Waals surface area contributed by atoms with Crippen LogP contribution in [0, 0.1) is 16.0 Å². The number of carboxylic acids is 1. The molecule has 2 aliphatic rings. The number of ether oxygens (including phenoxy) is 2. The lowest BCUT2D eigenvalue weighted by atomic mass is 9.90. The molecular weight excluding hydrogens is 592 g/mol. The van der Waals surface area contributed by atoms with Crippen molar-refractivity contribution < 1.29 is 34.2 Å². The minimum absolute atomic E-state index is 0.0216. The Hall–Kier alpha value is -4.36. The lowest BCUT2D eigenvalue weighted by Crippen LogP contribution is -2.51. The maximum Gasteiger partial charge on any atom is 0.303 e. The molecule has 244 valence electrons. The fourth-order valence-corrected chi connectivity index (χ4v) is 5.90. The number of carbonyl (C=O) groups is 2. The molecule has 0 bridgehead atoms. The van der Waals surface area contributed by atoms with Gasteiger partial charge in [-0.25, -0.2) is 0 Å². The van der Waals surface area contributed by atoms with Crippen LogP contribution in [-0.2, 0) is 25.7 Å². The monoisotopic (exact) mass is 632 g/mol. The van der Waals surface area contributed by atoms with Gasteiger partial charge < -0.3 is 29.9 Å². The highest BCUT2D eigenvalue weighted by Crippen LogP contribution is 2.42. The van der Waals surface area contributed by atoms with Crippen LogP contribution in [-0.4, -0.2) is 70.7 Å². The molecule has 5 rings (SSSR count). The van der Waals surface area contributed by atoms with Crippen LogP contribution < -0.4 is 10.2 Å². The number of carbonyl (C=O) groups excluding carboxylic acids is 1. The quantitative estimate of drug-likeness (QED) is 0.186. The molecule has 3 aromatic rings. The first-order valence-electron chi connectivity index (χ1n) is 15.5. The SMILES string of the molecule is C[C@H]1[C@@H](CN2CCN(c3ccc([N+](=O)[O-])cc3)CC2)O[C@@H](c2ccc(NC(=O)CCCC(=O)O)cc2)O[C@H]1c1ccc(CO)cc1. The Bertz CT molecular complexity index is 1470. The second-order valence-corrected chi connectivity index (χ2v) is 11.8. The molecule has 12 heteroatoms. The minimum atomic E-state index is -0.926. The van der Waals surface area contributed by atoms with Gasteiger partial charge in [0.25, 0.3) is 5.69 Å². The fourth-order valence-electron chi connectivity index (χ4n) is 5.90. The van der Waals surface area contributed by atoms with E-state index >= 15 is 0 Å². The highest BCUT2D eigenvalue weighted by molar-refractivity contribution is 5.90. The highest BCUT2D eigenvalue weighted by Gasteiger charge is 2.39. The zero-order chi connectivity index (χ0) is 32.6. The highest BCUT2D eigenvalue weighted by atomic mass is 16.7. The van der Waals surface area contributed by atoms with Gasteiger partial charge in [0, 0.05) is 80.6 Å². The summed E-state index contributed by atoms with van der Waals surface area (Å²) in [4.78, 5) is 38.2. The number of nitrogens with one attached hydrogen (secondary N) is 1. The van der Waals surface area contributed by atoms with Crippen LogP contribution in [0.4, 0.5) is 17.1 Å². The van der Waals surface area contributed by atoms with Crippen molar-refractivity contribution in [1.82, 2.24) is 4.90 Å². The van der Waals surface area contributed by atoms with Gasteiger partial charge in [-0.05, 0) is 41.8 Å². The fraction of sp³-hybridized carbons (Fsp3) is 0.412. The number of hydrogen-bond acceptors (Lipinski definition) is 9. The Balaban J connectivity index is 1.26. The van der Waals surface area contributed by atoms with Gasteiger partial charge in [-0.1, -0.05) is 43.3 Å². The Morgan fingerprint density at radius 2 is 1.57 bits per heavy atom. The molecule has 3 aromatic carbocycles. The van der Waals surface area contributed by atoms with E-state index in [-0.39, 0.29) is 55.6 Å². The molecule has 2 fully saturated rings. The number of carboxylic acid groups (broad SMARTS) is 1. The van der Waals surface area contributed by atoms with Gasteiger partial charge in [0.15, 0.2) is 6.29 Å². The van der Waals surface area contributed by atoms with E-state index in [4.69, 9.17) is 14.6 Å². The van der Waals surface area contributed by atoms with E-state index in [0.29, 0.717) is 12.2 Å². The van der Waals surface area contributed by atoms with Crippen molar-refractivity contribution in [2.24, 2.45) is 5.92 Å². The van der Waals surface area contributed by atoms with Crippen LogP contribution in [0.25, 0.3) is 0 Å². The summed E-state index contributed by atoms with van der Waals surface area (Å²) in [5, 5.41) is 32.2. The van der Waals surface area contributed by atoms with Crippen molar-refractivity contribution in [3.8, 4) is 0 Å². The normalized spacial score (nSPS) is 21.9. The summed E-state index contributed by atoms with van der Waals surface area (Å²) >= 11 is 0. The van der Waals surface area contributed by atoms with Gasteiger partial charge in [-0.3, -0.25) is 24.6 Å². The third kappa shape index (κ3) is 8.46. The van der Waals surface area contributed by atoms with Crippen molar-refractivity contribution in [1.29, 1.82) is 0 Å². The zero-order valence-corrected chi connectivity index (χ0v) is 25.8. The Morgan fingerprint density at radius 3 is 2.17 bits per heavy atom. The summed E-state index contributed by atoms with van der Waals surface area (Å²) in [5.41, 5.74) is 4.27. The van der Waals surface area contributed by atoms with E-state index in [1.165, 1.54) is 12.1 Å². The maximum absolute atomic E-state index is 12.2. The topological polar surface area (TPSA) is 155 Å². The van der Waals surface area contributed by atoms with Crippen molar-refractivity contribution in [3.05, 3.63) is 99.6 Å². The molecule has 0 radical (unpaired) electrons. The lowest BCUT2D eigenvalue weighted by Gasteiger charge is -2.44. The zero-order valence-electron chi connectivity index (χ0n) is 25.8. The van der Waals surface area contributed by atoms with Crippen LogP contribution in [0.15, 0.2) is 72.8 Å². The van der Waals surface area contributed by atoms with Gasteiger partial charge >= 0.3 is 5.97 Å². The van der Waals surface area contributed by atoms with Crippen LogP contribution in [0.2, 0.25) is 0 Å². The number of anilines is 2. The van der Waals surface area contributed by atoms with E-state index in [1.807, 2.05) is 36.4 Å². The van der Waals surface area contributed by atoms with Gasteiger partial charge in [-0.15, -0.1) is 0 Å². The molecule has 0 saturated carbocycles. The number of nitro benzene ring substituents is 1. The number of nitrogens with zero attached hydrogens (tertiary/aromatic N) is 3. The molecule has 0 aliphatic carbocycles. The maximum atomic E-state index is 12.2. The largest absolute Gasteiger partial charge is 0.481 e. The summed E-state index contributed by atoms with van der Waals surface area (Å²) < 4.78 is 13.2. The van der Waals surface area contributed by atoms with Crippen molar-refractivity contribution in [2.45, 2.75) is 51.3 Å². The van der Waals surface area contributed by atoms with Gasteiger partial charge in [-0.2, -0.15) is 0 Å². The number of aliphatic hydroxyl groups is 1. The van der Waals surface area contributed by atoms with Crippen LogP contribution in [0.1, 0.15) is 55.3 Å². The number of rotatable bonds is 12. The Morgan fingerprint density at radius 1 is 0.913 bits per heavy atom. The predicted octanol–water partition coefficient (Wildman–Crippen LogP) is 4.89. The standard InChI is InChI=1S/C34H40N4O8/c1-23-30(21-36-17-19-37(20-18-36)28-13-15-29(16-14-28)38(43)44)45-34(46-33(23)25-7-5-24(22-39)6-8-25)26-9-11-27(12-10-26)35-31(40)3-2-4-32(41)42/h5-16,23,30,33-34,39H,2-4,17-22H2,1H3,(H,35,40)(H,41,42)/t23-,30+,33+,34+/m0/s1. The Labute approximate surface area is 267 Å². The number of nitro groups is 1. The molecule has 0 spiro atoms. The van der Waals surface area contributed by atoms with Crippen molar-refractivity contribution in [2.75, 3.05) is 42.9 Å². The van der Waals surface area contributed by atoms with E-state index in [9.17, 15) is 24.8 Å². The number of benzene rings is 3. The summed E-state index contributed by atoms with van der Waals surface area (Å²) in [7, 11) is 0.